The fourth-order valence-electron chi connectivity index (χ4n) is 1.63. The molecule has 0 aliphatic carbocycles. The molecule has 0 atom stereocenters. The van der Waals surface area contributed by atoms with Crippen LogP contribution in [-0.4, -0.2) is 10.8 Å². The van der Waals surface area contributed by atoms with Crippen LogP contribution in [0.2, 0.25) is 5.02 Å². The van der Waals surface area contributed by atoms with Gasteiger partial charge in [-0.2, -0.15) is 0 Å². The largest absolute Gasteiger partial charge is 0.294 e. The number of benzene rings is 1. The SMILES string of the molecule is CC(=O)c1cccc(Cl)c1-c1ccncc1. The van der Waals surface area contributed by atoms with Crippen LogP contribution in [-0.2, 0) is 0 Å². The molecule has 2 nitrogen and oxygen atoms in total. The summed E-state index contributed by atoms with van der Waals surface area (Å²) in [6.07, 6.45) is 3.37. The summed E-state index contributed by atoms with van der Waals surface area (Å²) in [4.78, 5) is 15.5. The Morgan fingerprint density at radius 3 is 2.50 bits per heavy atom. The number of pyridine rings is 1. The van der Waals surface area contributed by atoms with E-state index in [-0.39, 0.29) is 5.78 Å². The zero-order valence-corrected chi connectivity index (χ0v) is 9.53. The Morgan fingerprint density at radius 2 is 1.88 bits per heavy atom. The van der Waals surface area contributed by atoms with Crippen molar-refractivity contribution in [2.75, 3.05) is 0 Å². The molecule has 0 saturated carbocycles. The Labute approximate surface area is 98.9 Å². The van der Waals surface area contributed by atoms with E-state index in [0.29, 0.717) is 10.6 Å². The van der Waals surface area contributed by atoms with Crippen molar-refractivity contribution in [3.8, 4) is 11.1 Å². The summed E-state index contributed by atoms with van der Waals surface area (Å²) < 4.78 is 0. The Balaban J connectivity index is 2.68. The number of hydrogen-bond donors (Lipinski definition) is 0. The minimum atomic E-state index is 0.00862. The smallest absolute Gasteiger partial charge is 0.160 e. The summed E-state index contributed by atoms with van der Waals surface area (Å²) in [6.45, 7) is 1.54. The Kier molecular flexibility index (Phi) is 3.02. The highest BCUT2D eigenvalue weighted by molar-refractivity contribution is 6.34. The number of carbonyl (C=O) groups is 1. The van der Waals surface area contributed by atoms with Crippen LogP contribution in [0, 0.1) is 0 Å². The summed E-state index contributed by atoms with van der Waals surface area (Å²) in [5.74, 6) is 0.00862. The minimum Gasteiger partial charge on any atom is -0.294 e. The van der Waals surface area contributed by atoms with E-state index in [1.54, 1.807) is 30.6 Å². The average Bonchev–Trinajstić information content (AvgIpc) is 2.29. The first-order chi connectivity index (χ1) is 7.70. The van der Waals surface area contributed by atoms with Crippen molar-refractivity contribution >= 4 is 17.4 Å². The van der Waals surface area contributed by atoms with Crippen molar-refractivity contribution in [3.05, 3.63) is 53.3 Å². The maximum absolute atomic E-state index is 11.5. The van der Waals surface area contributed by atoms with E-state index in [4.69, 9.17) is 11.6 Å². The van der Waals surface area contributed by atoms with E-state index >= 15 is 0 Å². The van der Waals surface area contributed by atoms with Crippen LogP contribution in [0.3, 0.4) is 0 Å². The number of carbonyl (C=O) groups excluding carboxylic acids is 1. The molecule has 1 aromatic heterocycles. The number of rotatable bonds is 2. The molecule has 0 aliphatic heterocycles. The fourth-order valence-corrected chi connectivity index (χ4v) is 1.91. The van der Waals surface area contributed by atoms with Gasteiger partial charge in [-0.25, -0.2) is 0 Å². The van der Waals surface area contributed by atoms with Crippen LogP contribution in [0.1, 0.15) is 17.3 Å². The molecule has 1 aromatic carbocycles. The quantitative estimate of drug-likeness (QED) is 0.739. The van der Waals surface area contributed by atoms with Crippen molar-refractivity contribution in [2.24, 2.45) is 0 Å². The number of halogens is 1. The topological polar surface area (TPSA) is 30.0 Å². The van der Waals surface area contributed by atoms with Gasteiger partial charge in [0.15, 0.2) is 5.78 Å². The normalized spacial score (nSPS) is 10.1. The second kappa shape index (κ2) is 4.45. The first-order valence-corrected chi connectivity index (χ1v) is 5.28. The number of ketones is 1. The molecule has 0 spiro atoms. The first-order valence-electron chi connectivity index (χ1n) is 4.90. The van der Waals surface area contributed by atoms with Crippen LogP contribution >= 0.6 is 11.6 Å². The van der Waals surface area contributed by atoms with Gasteiger partial charge in [0.2, 0.25) is 0 Å². The molecule has 2 aromatic rings. The highest BCUT2D eigenvalue weighted by atomic mass is 35.5. The molecule has 0 unspecified atom stereocenters. The molecule has 0 bridgehead atoms. The van der Waals surface area contributed by atoms with Crippen molar-refractivity contribution in [1.29, 1.82) is 0 Å². The third kappa shape index (κ3) is 1.97. The molecule has 0 amide bonds. The fraction of sp³-hybridized carbons (Fsp3) is 0.0769. The van der Waals surface area contributed by atoms with Gasteiger partial charge in [0.05, 0.1) is 0 Å². The number of aromatic nitrogens is 1. The van der Waals surface area contributed by atoms with Gasteiger partial charge in [-0.3, -0.25) is 9.78 Å². The molecule has 1 heterocycles. The molecule has 16 heavy (non-hydrogen) atoms. The number of Topliss-reactive ketones (excluding diaryl/α,β-unsaturated/α-hetero) is 1. The first kappa shape index (κ1) is 10.8. The van der Waals surface area contributed by atoms with Crippen LogP contribution in [0.5, 0.6) is 0 Å². The second-order valence-corrected chi connectivity index (χ2v) is 3.86. The molecule has 0 radical (unpaired) electrons. The lowest BCUT2D eigenvalue weighted by atomic mass is 9.98. The molecule has 0 saturated heterocycles. The average molecular weight is 232 g/mol. The van der Waals surface area contributed by atoms with Gasteiger partial charge < -0.3 is 0 Å². The lowest BCUT2D eigenvalue weighted by molar-refractivity contribution is 0.101. The van der Waals surface area contributed by atoms with Crippen molar-refractivity contribution in [3.63, 3.8) is 0 Å². The zero-order valence-electron chi connectivity index (χ0n) is 8.77. The van der Waals surface area contributed by atoms with Crippen LogP contribution in [0.15, 0.2) is 42.7 Å². The second-order valence-electron chi connectivity index (χ2n) is 3.45. The molecule has 80 valence electrons. The highest BCUT2D eigenvalue weighted by Crippen LogP contribution is 2.31. The number of hydrogen-bond acceptors (Lipinski definition) is 2. The lowest BCUT2D eigenvalue weighted by Gasteiger charge is -2.08. The Hall–Kier alpha value is -1.67. The van der Waals surface area contributed by atoms with Crippen molar-refractivity contribution in [1.82, 2.24) is 4.98 Å². The van der Waals surface area contributed by atoms with E-state index in [9.17, 15) is 4.79 Å². The van der Waals surface area contributed by atoms with E-state index in [2.05, 4.69) is 4.98 Å². The Morgan fingerprint density at radius 1 is 1.19 bits per heavy atom. The summed E-state index contributed by atoms with van der Waals surface area (Å²) in [5, 5.41) is 0.582. The predicted molar refractivity (Wildman–Crippen MR) is 64.7 cm³/mol. The lowest BCUT2D eigenvalue weighted by Crippen LogP contribution is -1.96. The van der Waals surface area contributed by atoms with E-state index < -0.39 is 0 Å². The van der Waals surface area contributed by atoms with Gasteiger partial charge in [-0.15, -0.1) is 0 Å². The van der Waals surface area contributed by atoms with E-state index in [1.807, 2.05) is 12.1 Å². The van der Waals surface area contributed by atoms with Gasteiger partial charge >= 0.3 is 0 Å². The van der Waals surface area contributed by atoms with Crippen LogP contribution in [0.25, 0.3) is 11.1 Å². The maximum Gasteiger partial charge on any atom is 0.160 e. The van der Waals surface area contributed by atoms with Gasteiger partial charge in [-0.05, 0) is 30.7 Å². The molecule has 0 N–H and O–H groups in total. The summed E-state index contributed by atoms with van der Waals surface area (Å²) in [7, 11) is 0. The maximum atomic E-state index is 11.5. The molecule has 0 aliphatic rings. The summed E-state index contributed by atoms with van der Waals surface area (Å²) >= 11 is 6.14. The zero-order chi connectivity index (χ0) is 11.5. The van der Waals surface area contributed by atoms with Crippen molar-refractivity contribution in [2.45, 2.75) is 6.92 Å². The molecule has 3 heteroatoms. The molecule has 0 fully saturated rings. The van der Waals surface area contributed by atoms with Gasteiger partial charge in [0.25, 0.3) is 0 Å². The van der Waals surface area contributed by atoms with Crippen LogP contribution in [0.4, 0.5) is 0 Å². The number of nitrogens with zero attached hydrogens (tertiary/aromatic N) is 1. The van der Waals surface area contributed by atoms with Gasteiger partial charge in [-0.1, -0.05) is 23.7 Å². The van der Waals surface area contributed by atoms with Crippen molar-refractivity contribution < 1.29 is 4.79 Å². The van der Waals surface area contributed by atoms with Crippen LogP contribution < -0.4 is 0 Å². The molecule has 2 rings (SSSR count). The van der Waals surface area contributed by atoms with E-state index in [1.165, 1.54) is 6.92 Å². The van der Waals surface area contributed by atoms with Gasteiger partial charge in [0.1, 0.15) is 0 Å². The summed E-state index contributed by atoms with van der Waals surface area (Å²) in [5.41, 5.74) is 2.32. The summed E-state index contributed by atoms with van der Waals surface area (Å²) in [6, 6.07) is 9.03. The van der Waals surface area contributed by atoms with E-state index in [0.717, 1.165) is 11.1 Å². The van der Waals surface area contributed by atoms with Gasteiger partial charge in [0, 0.05) is 28.5 Å². The Bertz CT molecular complexity index is 523. The third-order valence-electron chi connectivity index (χ3n) is 2.36. The predicted octanol–water partition coefficient (Wildman–Crippen LogP) is 3.60. The third-order valence-corrected chi connectivity index (χ3v) is 2.68. The molecular weight excluding hydrogens is 222 g/mol. The monoisotopic (exact) mass is 231 g/mol. The standard InChI is InChI=1S/C13H10ClNO/c1-9(16)11-3-2-4-12(14)13(11)10-5-7-15-8-6-10/h2-8H,1H3. The highest BCUT2D eigenvalue weighted by Gasteiger charge is 2.12. The minimum absolute atomic E-state index is 0.00862. The molecular formula is C13H10ClNO.